The van der Waals surface area contributed by atoms with Crippen LogP contribution >= 0.6 is 0 Å². The van der Waals surface area contributed by atoms with E-state index in [-0.39, 0.29) is 12.7 Å². The molecule has 1 heterocycles. The SMILES string of the molecule is CCC(C)c1ccc(NC(=O)c2ccc3c(c2)OCO3)cc1. The molecule has 0 fully saturated rings. The quantitative estimate of drug-likeness (QED) is 0.921. The summed E-state index contributed by atoms with van der Waals surface area (Å²) in [5.41, 5.74) is 2.62. The highest BCUT2D eigenvalue weighted by atomic mass is 16.7. The Morgan fingerprint density at radius 2 is 1.86 bits per heavy atom. The van der Waals surface area contributed by atoms with Gasteiger partial charge in [-0.15, -0.1) is 0 Å². The molecule has 2 aromatic rings. The van der Waals surface area contributed by atoms with Gasteiger partial charge in [-0.25, -0.2) is 0 Å². The van der Waals surface area contributed by atoms with Gasteiger partial charge < -0.3 is 14.8 Å². The molecule has 1 amide bonds. The van der Waals surface area contributed by atoms with Crippen molar-refractivity contribution in [1.82, 2.24) is 0 Å². The first kappa shape index (κ1) is 14.4. The average molecular weight is 297 g/mol. The van der Waals surface area contributed by atoms with Crippen LogP contribution < -0.4 is 14.8 Å². The molecule has 114 valence electrons. The molecule has 0 saturated carbocycles. The van der Waals surface area contributed by atoms with Gasteiger partial charge in [-0.1, -0.05) is 26.0 Å². The summed E-state index contributed by atoms with van der Waals surface area (Å²) >= 11 is 0. The van der Waals surface area contributed by atoms with Crippen LogP contribution in [0.25, 0.3) is 0 Å². The molecule has 4 heteroatoms. The summed E-state index contributed by atoms with van der Waals surface area (Å²) in [5.74, 6) is 1.66. The Morgan fingerprint density at radius 3 is 2.59 bits per heavy atom. The van der Waals surface area contributed by atoms with Gasteiger partial charge in [0.05, 0.1) is 0 Å². The minimum atomic E-state index is -0.158. The van der Waals surface area contributed by atoms with E-state index in [1.807, 2.05) is 12.1 Å². The summed E-state index contributed by atoms with van der Waals surface area (Å²) in [6.45, 7) is 4.57. The number of carbonyl (C=O) groups excluding carboxylic acids is 1. The molecule has 4 nitrogen and oxygen atoms in total. The number of rotatable bonds is 4. The minimum absolute atomic E-state index is 0.158. The first-order chi connectivity index (χ1) is 10.7. The van der Waals surface area contributed by atoms with Crippen molar-refractivity contribution in [3.63, 3.8) is 0 Å². The molecule has 1 aliphatic heterocycles. The maximum absolute atomic E-state index is 12.3. The normalized spacial score (nSPS) is 13.7. The third kappa shape index (κ3) is 2.91. The van der Waals surface area contributed by atoms with Crippen molar-refractivity contribution in [1.29, 1.82) is 0 Å². The average Bonchev–Trinajstić information content (AvgIpc) is 3.02. The van der Waals surface area contributed by atoms with Gasteiger partial charge in [0, 0.05) is 11.3 Å². The summed E-state index contributed by atoms with van der Waals surface area (Å²) < 4.78 is 10.5. The predicted octanol–water partition coefficient (Wildman–Crippen LogP) is 4.18. The second kappa shape index (κ2) is 6.10. The highest BCUT2D eigenvalue weighted by molar-refractivity contribution is 6.04. The predicted molar refractivity (Wildman–Crippen MR) is 85.7 cm³/mol. The van der Waals surface area contributed by atoms with Crippen molar-refractivity contribution in [3.05, 3.63) is 53.6 Å². The largest absolute Gasteiger partial charge is 0.454 e. The van der Waals surface area contributed by atoms with Gasteiger partial charge in [0.25, 0.3) is 5.91 Å². The molecule has 1 atom stereocenters. The number of nitrogens with one attached hydrogen (secondary N) is 1. The third-order valence-corrected chi connectivity index (χ3v) is 3.98. The van der Waals surface area contributed by atoms with Gasteiger partial charge in [-0.2, -0.15) is 0 Å². The van der Waals surface area contributed by atoms with Gasteiger partial charge in [0.2, 0.25) is 6.79 Å². The molecule has 1 unspecified atom stereocenters. The third-order valence-electron chi connectivity index (χ3n) is 3.98. The van der Waals surface area contributed by atoms with Crippen LogP contribution in [0.4, 0.5) is 5.69 Å². The van der Waals surface area contributed by atoms with Crippen molar-refractivity contribution in [2.45, 2.75) is 26.2 Å². The topological polar surface area (TPSA) is 47.6 Å². The van der Waals surface area contributed by atoms with Gasteiger partial charge >= 0.3 is 0 Å². The van der Waals surface area contributed by atoms with Crippen LogP contribution in [0.15, 0.2) is 42.5 Å². The van der Waals surface area contributed by atoms with Crippen molar-refractivity contribution in [3.8, 4) is 11.5 Å². The molecule has 0 radical (unpaired) electrons. The molecule has 22 heavy (non-hydrogen) atoms. The zero-order chi connectivity index (χ0) is 15.5. The number of carbonyl (C=O) groups is 1. The van der Waals surface area contributed by atoms with E-state index in [2.05, 4.69) is 31.3 Å². The maximum Gasteiger partial charge on any atom is 0.255 e. The highest BCUT2D eigenvalue weighted by Crippen LogP contribution is 2.32. The monoisotopic (exact) mass is 297 g/mol. The summed E-state index contributed by atoms with van der Waals surface area (Å²) in [6.07, 6.45) is 1.10. The van der Waals surface area contributed by atoms with Crippen molar-refractivity contribution in [2.75, 3.05) is 12.1 Å². The second-order valence-corrected chi connectivity index (χ2v) is 5.45. The van der Waals surface area contributed by atoms with E-state index in [1.54, 1.807) is 18.2 Å². The molecule has 0 aliphatic carbocycles. The minimum Gasteiger partial charge on any atom is -0.454 e. The maximum atomic E-state index is 12.3. The highest BCUT2D eigenvalue weighted by Gasteiger charge is 2.16. The molecule has 3 rings (SSSR count). The smallest absolute Gasteiger partial charge is 0.255 e. The van der Waals surface area contributed by atoms with Crippen molar-refractivity contribution in [2.24, 2.45) is 0 Å². The summed E-state index contributed by atoms with van der Waals surface area (Å²) in [5, 5.41) is 2.90. The Balaban J connectivity index is 1.71. The fourth-order valence-electron chi connectivity index (χ4n) is 2.37. The number of amides is 1. The van der Waals surface area contributed by atoms with Crippen LogP contribution in [0.1, 0.15) is 42.1 Å². The lowest BCUT2D eigenvalue weighted by Gasteiger charge is -2.10. The molecule has 2 aromatic carbocycles. The summed E-state index contributed by atoms with van der Waals surface area (Å²) in [7, 11) is 0. The molecular formula is C18H19NO3. The number of hydrogen-bond donors (Lipinski definition) is 1. The van der Waals surface area contributed by atoms with Gasteiger partial charge in [0.1, 0.15) is 0 Å². The van der Waals surface area contributed by atoms with Crippen LogP contribution in [-0.4, -0.2) is 12.7 Å². The zero-order valence-electron chi connectivity index (χ0n) is 12.8. The summed E-state index contributed by atoms with van der Waals surface area (Å²) in [6, 6.07) is 13.2. The van der Waals surface area contributed by atoms with Gasteiger partial charge in [-0.3, -0.25) is 4.79 Å². The standard InChI is InChI=1S/C18H19NO3/c1-3-12(2)13-4-7-15(8-5-13)19-18(20)14-6-9-16-17(10-14)22-11-21-16/h4-10,12H,3,11H2,1-2H3,(H,19,20). The number of fused-ring (bicyclic) bond motifs is 1. The lowest BCUT2D eigenvalue weighted by Crippen LogP contribution is -2.11. The molecule has 0 aromatic heterocycles. The zero-order valence-corrected chi connectivity index (χ0v) is 12.8. The molecule has 1 aliphatic rings. The number of hydrogen-bond acceptors (Lipinski definition) is 3. The van der Waals surface area contributed by atoms with Crippen molar-refractivity contribution >= 4 is 11.6 Å². The van der Waals surface area contributed by atoms with Crippen LogP contribution in [0.2, 0.25) is 0 Å². The van der Waals surface area contributed by atoms with Crippen LogP contribution in [0, 0.1) is 0 Å². The van der Waals surface area contributed by atoms with E-state index < -0.39 is 0 Å². The van der Waals surface area contributed by atoms with E-state index in [0.29, 0.717) is 23.0 Å². The first-order valence-electron chi connectivity index (χ1n) is 7.48. The number of benzene rings is 2. The first-order valence-corrected chi connectivity index (χ1v) is 7.48. The van der Waals surface area contributed by atoms with E-state index >= 15 is 0 Å². The van der Waals surface area contributed by atoms with E-state index in [1.165, 1.54) is 5.56 Å². The second-order valence-electron chi connectivity index (χ2n) is 5.45. The molecule has 1 N–H and O–H groups in total. The van der Waals surface area contributed by atoms with Crippen LogP contribution in [0.3, 0.4) is 0 Å². The Morgan fingerprint density at radius 1 is 1.14 bits per heavy atom. The molecule has 0 saturated heterocycles. The fraction of sp³-hybridized carbons (Fsp3) is 0.278. The molecular weight excluding hydrogens is 278 g/mol. The molecule has 0 bridgehead atoms. The van der Waals surface area contributed by atoms with Crippen LogP contribution in [-0.2, 0) is 0 Å². The fourth-order valence-corrected chi connectivity index (χ4v) is 2.37. The van der Waals surface area contributed by atoms with Crippen LogP contribution in [0.5, 0.6) is 11.5 Å². The Hall–Kier alpha value is -2.49. The van der Waals surface area contributed by atoms with Gasteiger partial charge in [-0.05, 0) is 48.2 Å². The van der Waals surface area contributed by atoms with Gasteiger partial charge in [0.15, 0.2) is 11.5 Å². The number of ether oxygens (including phenoxy) is 2. The Kier molecular flexibility index (Phi) is 4.00. The van der Waals surface area contributed by atoms with Crippen molar-refractivity contribution < 1.29 is 14.3 Å². The van der Waals surface area contributed by atoms with E-state index in [0.717, 1.165) is 12.1 Å². The Bertz CT molecular complexity index is 679. The number of anilines is 1. The van der Waals surface area contributed by atoms with E-state index in [9.17, 15) is 4.79 Å². The lowest BCUT2D eigenvalue weighted by molar-refractivity contribution is 0.102. The molecule has 0 spiro atoms. The summed E-state index contributed by atoms with van der Waals surface area (Å²) in [4.78, 5) is 12.3. The Labute approximate surface area is 130 Å². The van der Waals surface area contributed by atoms with E-state index in [4.69, 9.17) is 9.47 Å². The lowest BCUT2D eigenvalue weighted by atomic mass is 9.98.